The zero-order chi connectivity index (χ0) is 14.2. The maximum absolute atomic E-state index is 4.53. The second-order valence-corrected chi connectivity index (χ2v) is 5.23. The first-order chi connectivity index (χ1) is 9.86. The van der Waals surface area contributed by atoms with Crippen molar-refractivity contribution in [2.24, 2.45) is 0 Å². The van der Waals surface area contributed by atoms with E-state index in [9.17, 15) is 0 Å². The number of nitrogens with zero attached hydrogens (tertiary/aromatic N) is 2. The number of benzene rings is 1. The summed E-state index contributed by atoms with van der Waals surface area (Å²) in [5.41, 5.74) is 3.31. The number of para-hydroxylation sites is 1. The van der Waals surface area contributed by atoms with E-state index < -0.39 is 0 Å². The molecule has 0 aliphatic rings. The molecule has 0 amide bonds. The summed E-state index contributed by atoms with van der Waals surface area (Å²) in [6, 6.07) is 6.69. The lowest BCUT2D eigenvalue weighted by Gasteiger charge is -2.19. The fourth-order valence-electron chi connectivity index (χ4n) is 2.69. The summed E-state index contributed by atoms with van der Waals surface area (Å²) in [7, 11) is 0. The molecule has 0 radical (unpaired) electrons. The van der Waals surface area contributed by atoms with E-state index >= 15 is 0 Å². The van der Waals surface area contributed by atoms with E-state index in [2.05, 4.69) is 41.3 Å². The molecule has 1 unspecified atom stereocenters. The van der Waals surface area contributed by atoms with Gasteiger partial charge in [-0.05, 0) is 24.6 Å². The van der Waals surface area contributed by atoms with Crippen LogP contribution in [0, 0.1) is 0 Å². The first-order valence-corrected chi connectivity index (χ1v) is 7.79. The molecule has 0 aliphatic carbocycles. The maximum atomic E-state index is 4.53. The Kier molecular flexibility index (Phi) is 5.93. The number of fused-ring (bicyclic) bond motifs is 1. The standard InChI is InChI=1S/C17H25N3/c1-3-5-6-7-10-15(18-4-2)14-9-8-11-16-17(14)20-13-12-19-16/h8-9,11-13,15,18H,3-7,10H2,1-2H3. The van der Waals surface area contributed by atoms with Crippen LogP contribution < -0.4 is 5.32 Å². The van der Waals surface area contributed by atoms with Crippen molar-refractivity contribution in [3.63, 3.8) is 0 Å². The molecule has 2 aromatic rings. The Hall–Kier alpha value is -1.48. The summed E-state index contributed by atoms with van der Waals surface area (Å²) in [5, 5.41) is 3.60. The van der Waals surface area contributed by atoms with Gasteiger partial charge in [-0.15, -0.1) is 0 Å². The third kappa shape index (κ3) is 3.76. The van der Waals surface area contributed by atoms with Crippen LogP contribution >= 0.6 is 0 Å². The predicted octanol–water partition coefficient (Wildman–Crippen LogP) is 4.25. The predicted molar refractivity (Wildman–Crippen MR) is 84.7 cm³/mol. The van der Waals surface area contributed by atoms with Gasteiger partial charge in [0.05, 0.1) is 11.0 Å². The van der Waals surface area contributed by atoms with Crippen LogP contribution in [-0.4, -0.2) is 16.5 Å². The van der Waals surface area contributed by atoms with Crippen molar-refractivity contribution in [2.45, 2.75) is 52.0 Å². The van der Waals surface area contributed by atoms with Crippen LogP contribution in [0.15, 0.2) is 30.6 Å². The number of hydrogen-bond acceptors (Lipinski definition) is 3. The molecule has 3 nitrogen and oxygen atoms in total. The van der Waals surface area contributed by atoms with E-state index in [1.165, 1.54) is 37.7 Å². The van der Waals surface area contributed by atoms with E-state index in [4.69, 9.17) is 0 Å². The van der Waals surface area contributed by atoms with Gasteiger partial charge in [-0.25, -0.2) is 0 Å². The lowest BCUT2D eigenvalue weighted by Crippen LogP contribution is -2.21. The summed E-state index contributed by atoms with van der Waals surface area (Å²) in [6.45, 7) is 5.40. The van der Waals surface area contributed by atoms with E-state index in [0.717, 1.165) is 17.6 Å². The molecule has 0 saturated heterocycles. The second kappa shape index (κ2) is 7.95. The third-order valence-electron chi connectivity index (χ3n) is 3.70. The molecular weight excluding hydrogens is 246 g/mol. The highest BCUT2D eigenvalue weighted by Crippen LogP contribution is 2.25. The molecule has 0 fully saturated rings. The number of hydrogen-bond donors (Lipinski definition) is 1. The number of unbranched alkanes of at least 4 members (excludes halogenated alkanes) is 3. The van der Waals surface area contributed by atoms with E-state index in [0.29, 0.717) is 6.04 Å². The first kappa shape index (κ1) is 14.9. The molecule has 1 aromatic heterocycles. The SMILES string of the molecule is CCCCCCC(NCC)c1cccc2nccnc12. The van der Waals surface area contributed by atoms with Gasteiger partial charge in [-0.3, -0.25) is 9.97 Å². The van der Waals surface area contributed by atoms with Crippen molar-refractivity contribution in [3.05, 3.63) is 36.2 Å². The summed E-state index contributed by atoms with van der Waals surface area (Å²) >= 11 is 0. The summed E-state index contributed by atoms with van der Waals surface area (Å²) in [5.74, 6) is 0. The maximum Gasteiger partial charge on any atom is 0.0934 e. The quantitative estimate of drug-likeness (QED) is 0.729. The topological polar surface area (TPSA) is 37.8 Å². The molecule has 0 saturated carbocycles. The molecule has 3 heteroatoms. The largest absolute Gasteiger partial charge is 0.310 e. The Morgan fingerprint density at radius 1 is 1.05 bits per heavy atom. The van der Waals surface area contributed by atoms with Gasteiger partial charge in [0.1, 0.15) is 0 Å². The highest BCUT2D eigenvalue weighted by Gasteiger charge is 2.14. The zero-order valence-corrected chi connectivity index (χ0v) is 12.6. The fraction of sp³-hybridized carbons (Fsp3) is 0.529. The van der Waals surface area contributed by atoms with Gasteiger partial charge >= 0.3 is 0 Å². The van der Waals surface area contributed by atoms with E-state index in [1.807, 2.05) is 6.07 Å². The van der Waals surface area contributed by atoms with Crippen molar-refractivity contribution in [1.82, 2.24) is 15.3 Å². The van der Waals surface area contributed by atoms with Crippen LogP contribution in [0.3, 0.4) is 0 Å². The molecule has 1 N–H and O–H groups in total. The van der Waals surface area contributed by atoms with Crippen molar-refractivity contribution in [1.29, 1.82) is 0 Å². The lowest BCUT2D eigenvalue weighted by molar-refractivity contribution is 0.484. The third-order valence-corrected chi connectivity index (χ3v) is 3.70. The molecule has 0 aliphatic heterocycles. The van der Waals surface area contributed by atoms with E-state index in [-0.39, 0.29) is 0 Å². The first-order valence-electron chi connectivity index (χ1n) is 7.79. The van der Waals surface area contributed by atoms with Gasteiger partial charge in [-0.1, -0.05) is 51.7 Å². The van der Waals surface area contributed by atoms with Crippen LogP contribution in [0.25, 0.3) is 11.0 Å². The zero-order valence-electron chi connectivity index (χ0n) is 12.6. The lowest BCUT2D eigenvalue weighted by atomic mass is 9.98. The van der Waals surface area contributed by atoms with Crippen LogP contribution in [0.1, 0.15) is 57.6 Å². The van der Waals surface area contributed by atoms with Gasteiger partial charge in [0.25, 0.3) is 0 Å². The van der Waals surface area contributed by atoms with Crippen molar-refractivity contribution < 1.29 is 0 Å². The van der Waals surface area contributed by atoms with Gasteiger partial charge in [0.15, 0.2) is 0 Å². The number of rotatable bonds is 8. The smallest absolute Gasteiger partial charge is 0.0934 e. The van der Waals surface area contributed by atoms with E-state index in [1.54, 1.807) is 12.4 Å². The molecular formula is C17H25N3. The Labute approximate surface area is 121 Å². The Morgan fingerprint density at radius 3 is 2.70 bits per heavy atom. The van der Waals surface area contributed by atoms with Gasteiger partial charge in [-0.2, -0.15) is 0 Å². The summed E-state index contributed by atoms with van der Waals surface area (Å²) in [6.07, 6.45) is 9.90. The fourth-order valence-corrected chi connectivity index (χ4v) is 2.69. The normalized spacial score (nSPS) is 12.7. The van der Waals surface area contributed by atoms with Crippen LogP contribution in [0.2, 0.25) is 0 Å². The molecule has 0 bridgehead atoms. The van der Waals surface area contributed by atoms with Crippen molar-refractivity contribution >= 4 is 11.0 Å². The minimum Gasteiger partial charge on any atom is -0.310 e. The van der Waals surface area contributed by atoms with Crippen LogP contribution in [-0.2, 0) is 0 Å². The number of aromatic nitrogens is 2. The molecule has 0 spiro atoms. The molecule has 1 atom stereocenters. The monoisotopic (exact) mass is 271 g/mol. The minimum atomic E-state index is 0.386. The highest BCUT2D eigenvalue weighted by molar-refractivity contribution is 5.78. The molecule has 20 heavy (non-hydrogen) atoms. The van der Waals surface area contributed by atoms with Crippen LogP contribution in [0.5, 0.6) is 0 Å². The minimum absolute atomic E-state index is 0.386. The average Bonchev–Trinajstić information content (AvgIpc) is 2.50. The highest BCUT2D eigenvalue weighted by atomic mass is 14.9. The molecule has 2 rings (SSSR count). The number of nitrogens with one attached hydrogen (secondary N) is 1. The molecule has 108 valence electrons. The Bertz CT molecular complexity index is 519. The van der Waals surface area contributed by atoms with Crippen LogP contribution in [0.4, 0.5) is 0 Å². The summed E-state index contributed by atoms with van der Waals surface area (Å²) < 4.78 is 0. The van der Waals surface area contributed by atoms with Crippen molar-refractivity contribution in [2.75, 3.05) is 6.54 Å². The van der Waals surface area contributed by atoms with Gasteiger partial charge < -0.3 is 5.32 Å². The van der Waals surface area contributed by atoms with Crippen molar-refractivity contribution in [3.8, 4) is 0 Å². The second-order valence-electron chi connectivity index (χ2n) is 5.23. The summed E-state index contributed by atoms with van der Waals surface area (Å²) in [4.78, 5) is 8.93. The molecule has 1 heterocycles. The van der Waals surface area contributed by atoms with Gasteiger partial charge in [0.2, 0.25) is 0 Å². The molecule has 1 aromatic carbocycles. The van der Waals surface area contributed by atoms with Gasteiger partial charge in [0, 0.05) is 18.4 Å². The Morgan fingerprint density at radius 2 is 1.90 bits per heavy atom. The Balaban J connectivity index is 2.18. The average molecular weight is 271 g/mol.